The second-order valence-corrected chi connectivity index (χ2v) is 6.28. The third-order valence-corrected chi connectivity index (χ3v) is 4.29. The highest BCUT2D eigenvalue weighted by atomic mass is 16.5. The summed E-state index contributed by atoms with van der Waals surface area (Å²) in [4.78, 5) is 0. The van der Waals surface area contributed by atoms with Crippen molar-refractivity contribution in [1.82, 2.24) is 0 Å². The SMILES string of the molecule is COc1cc(C#Cc2ccc(C#Cc3cc(OC)cc(OC)c3)cc2)cc(OC)c1. The van der Waals surface area contributed by atoms with Crippen molar-refractivity contribution in [3.63, 3.8) is 0 Å². The van der Waals surface area contributed by atoms with Crippen molar-refractivity contribution < 1.29 is 18.9 Å². The van der Waals surface area contributed by atoms with E-state index in [0.29, 0.717) is 23.0 Å². The lowest BCUT2D eigenvalue weighted by Crippen LogP contribution is -1.89. The summed E-state index contributed by atoms with van der Waals surface area (Å²) in [6.45, 7) is 0. The molecule has 4 heteroatoms. The summed E-state index contributed by atoms with van der Waals surface area (Å²) in [6.07, 6.45) is 0. The van der Waals surface area contributed by atoms with Gasteiger partial charge < -0.3 is 18.9 Å². The van der Waals surface area contributed by atoms with Gasteiger partial charge in [-0.2, -0.15) is 0 Å². The van der Waals surface area contributed by atoms with Crippen molar-refractivity contribution in [2.75, 3.05) is 28.4 Å². The molecule has 0 bridgehead atoms. The average Bonchev–Trinajstić information content (AvgIpc) is 2.81. The smallest absolute Gasteiger partial charge is 0.123 e. The third-order valence-electron chi connectivity index (χ3n) is 4.29. The first kappa shape index (κ1) is 20.7. The fourth-order valence-electron chi connectivity index (χ4n) is 2.68. The Hall–Kier alpha value is -4.02. The van der Waals surface area contributed by atoms with Crippen LogP contribution < -0.4 is 18.9 Å². The van der Waals surface area contributed by atoms with Crippen molar-refractivity contribution in [2.45, 2.75) is 0 Å². The summed E-state index contributed by atoms with van der Waals surface area (Å²) in [5, 5.41) is 0. The Bertz CT molecular complexity index is 1000. The van der Waals surface area contributed by atoms with Crippen LogP contribution in [0.3, 0.4) is 0 Å². The monoisotopic (exact) mass is 398 g/mol. The molecule has 0 aliphatic rings. The largest absolute Gasteiger partial charge is 0.497 e. The summed E-state index contributed by atoms with van der Waals surface area (Å²) in [5.74, 6) is 15.4. The van der Waals surface area contributed by atoms with Crippen LogP contribution in [0.1, 0.15) is 22.3 Å². The van der Waals surface area contributed by atoms with Crippen molar-refractivity contribution in [2.24, 2.45) is 0 Å². The van der Waals surface area contributed by atoms with Gasteiger partial charge in [-0.05, 0) is 48.5 Å². The van der Waals surface area contributed by atoms with Crippen LogP contribution in [0, 0.1) is 23.7 Å². The number of methoxy groups -OCH3 is 4. The maximum atomic E-state index is 5.28. The molecule has 0 atom stereocenters. The van der Waals surface area contributed by atoms with Gasteiger partial charge in [0.2, 0.25) is 0 Å². The first-order chi connectivity index (χ1) is 14.6. The molecule has 30 heavy (non-hydrogen) atoms. The van der Waals surface area contributed by atoms with E-state index in [9.17, 15) is 0 Å². The molecule has 150 valence electrons. The zero-order chi connectivity index (χ0) is 21.3. The minimum Gasteiger partial charge on any atom is -0.497 e. The molecule has 0 saturated heterocycles. The van der Waals surface area contributed by atoms with Gasteiger partial charge in [-0.3, -0.25) is 0 Å². The predicted molar refractivity (Wildman–Crippen MR) is 117 cm³/mol. The Morgan fingerprint density at radius 1 is 0.400 bits per heavy atom. The van der Waals surface area contributed by atoms with E-state index in [4.69, 9.17) is 18.9 Å². The summed E-state index contributed by atoms with van der Waals surface area (Å²) in [6, 6.07) is 18.9. The average molecular weight is 398 g/mol. The van der Waals surface area contributed by atoms with Gasteiger partial charge in [-0.25, -0.2) is 0 Å². The molecule has 0 unspecified atom stereocenters. The minimum atomic E-state index is 0.707. The maximum absolute atomic E-state index is 5.28. The van der Waals surface area contributed by atoms with Gasteiger partial charge in [0, 0.05) is 34.4 Å². The molecule has 0 saturated carbocycles. The molecule has 4 nitrogen and oxygen atoms in total. The second-order valence-electron chi connectivity index (χ2n) is 6.28. The van der Waals surface area contributed by atoms with E-state index in [1.807, 2.05) is 60.7 Å². The molecule has 0 heterocycles. The summed E-state index contributed by atoms with van der Waals surface area (Å²) in [7, 11) is 6.47. The summed E-state index contributed by atoms with van der Waals surface area (Å²) < 4.78 is 21.1. The molecule has 0 radical (unpaired) electrons. The number of benzene rings is 3. The quantitative estimate of drug-likeness (QED) is 0.606. The minimum absolute atomic E-state index is 0.707. The van der Waals surface area contributed by atoms with Crippen molar-refractivity contribution in [3.05, 3.63) is 82.9 Å². The normalized spacial score (nSPS) is 9.47. The molecule has 0 aliphatic heterocycles. The molecule has 3 aromatic rings. The van der Waals surface area contributed by atoms with Gasteiger partial charge in [-0.1, -0.05) is 23.7 Å². The summed E-state index contributed by atoms with van der Waals surface area (Å²) >= 11 is 0. The van der Waals surface area contributed by atoms with E-state index >= 15 is 0 Å². The molecule has 0 aromatic heterocycles. The van der Waals surface area contributed by atoms with Crippen LogP contribution >= 0.6 is 0 Å². The first-order valence-electron chi connectivity index (χ1n) is 9.23. The molecular formula is C26H22O4. The molecule has 3 aromatic carbocycles. The highest BCUT2D eigenvalue weighted by Gasteiger charge is 2.00. The zero-order valence-corrected chi connectivity index (χ0v) is 17.4. The maximum Gasteiger partial charge on any atom is 0.123 e. The lowest BCUT2D eigenvalue weighted by atomic mass is 10.1. The van der Waals surface area contributed by atoms with Crippen LogP contribution in [-0.2, 0) is 0 Å². The number of hydrogen-bond donors (Lipinski definition) is 0. The fraction of sp³-hybridized carbons (Fsp3) is 0.154. The van der Waals surface area contributed by atoms with Crippen molar-refractivity contribution >= 4 is 0 Å². The Kier molecular flexibility index (Phi) is 6.87. The van der Waals surface area contributed by atoms with Crippen LogP contribution in [0.2, 0.25) is 0 Å². The molecule has 0 fully saturated rings. The first-order valence-corrected chi connectivity index (χ1v) is 9.23. The number of hydrogen-bond acceptors (Lipinski definition) is 4. The van der Waals surface area contributed by atoms with E-state index < -0.39 is 0 Å². The summed E-state index contributed by atoms with van der Waals surface area (Å²) in [5.41, 5.74) is 3.43. The standard InChI is InChI=1S/C26H22O4/c1-27-23-13-21(14-24(17-23)28-2)11-9-19-5-7-20(8-6-19)10-12-22-15-25(29-3)18-26(16-22)30-4/h5-8,13-18H,1-4H3. The number of rotatable bonds is 4. The Balaban J connectivity index is 1.78. The van der Waals surface area contributed by atoms with Gasteiger partial charge in [0.15, 0.2) is 0 Å². The topological polar surface area (TPSA) is 36.9 Å². The van der Waals surface area contributed by atoms with Crippen LogP contribution in [0.15, 0.2) is 60.7 Å². The van der Waals surface area contributed by atoms with E-state index in [1.165, 1.54) is 0 Å². The Morgan fingerprint density at radius 3 is 0.933 bits per heavy atom. The fourth-order valence-corrected chi connectivity index (χ4v) is 2.68. The molecule has 0 N–H and O–H groups in total. The van der Waals surface area contributed by atoms with Gasteiger partial charge in [0.25, 0.3) is 0 Å². The molecule has 0 spiro atoms. The lowest BCUT2D eigenvalue weighted by molar-refractivity contribution is 0.394. The molecular weight excluding hydrogens is 376 g/mol. The zero-order valence-electron chi connectivity index (χ0n) is 17.4. The van der Waals surface area contributed by atoms with E-state index in [0.717, 1.165) is 22.3 Å². The van der Waals surface area contributed by atoms with Crippen molar-refractivity contribution in [1.29, 1.82) is 0 Å². The van der Waals surface area contributed by atoms with E-state index in [2.05, 4.69) is 23.7 Å². The van der Waals surface area contributed by atoms with Crippen LogP contribution in [0.4, 0.5) is 0 Å². The highest BCUT2D eigenvalue weighted by molar-refractivity contribution is 5.52. The Morgan fingerprint density at radius 2 is 0.667 bits per heavy atom. The van der Waals surface area contributed by atoms with E-state index in [1.54, 1.807) is 28.4 Å². The second kappa shape index (κ2) is 9.96. The van der Waals surface area contributed by atoms with E-state index in [-0.39, 0.29) is 0 Å². The van der Waals surface area contributed by atoms with Gasteiger partial charge >= 0.3 is 0 Å². The molecule has 0 amide bonds. The molecule has 0 aliphatic carbocycles. The van der Waals surface area contributed by atoms with Crippen LogP contribution in [0.5, 0.6) is 23.0 Å². The van der Waals surface area contributed by atoms with Crippen LogP contribution in [0.25, 0.3) is 0 Å². The van der Waals surface area contributed by atoms with Crippen LogP contribution in [-0.4, -0.2) is 28.4 Å². The van der Waals surface area contributed by atoms with Gasteiger partial charge in [0.1, 0.15) is 23.0 Å². The van der Waals surface area contributed by atoms with Gasteiger partial charge in [0.05, 0.1) is 28.4 Å². The number of ether oxygens (including phenoxy) is 4. The van der Waals surface area contributed by atoms with Crippen molar-refractivity contribution in [3.8, 4) is 46.7 Å². The lowest BCUT2D eigenvalue weighted by Gasteiger charge is -2.04. The predicted octanol–water partition coefficient (Wildman–Crippen LogP) is 4.52. The van der Waals surface area contributed by atoms with Gasteiger partial charge in [-0.15, -0.1) is 0 Å². The highest BCUT2D eigenvalue weighted by Crippen LogP contribution is 2.23. The molecule has 3 rings (SSSR count). The Labute approximate surface area is 177 Å². The third kappa shape index (κ3) is 5.50.